The highest BCUT2D eigenvalue weighted by atomic mass is 79.9. The number of likely N-dealkylation sites (N-methyl/N-ethyl adjacent to an activating group) is 1. The lowest BCUT2D eigenvalue weighted by molar-refractivity contribution is 0.489. The van der Waals surface area contributed by atoms with Crippen LogP contribution in [-0.2, 0) is 0 Å². The van der Waals surface area contributed by atoms with Crippen molar-refractivity contribution in [1.82, 2.24) is 0 Å². The molecule has 0 aliphatic carbocycles. The van der Waals surface area contributed by atoms with Gasteiger partial charge in [0.15, 0.2) is 4.67 Å². The van der Waals surface area contributed by atoms with E-state index in [4.69, 9.17) is 4.42 Å². The molecular weight excluding hydrogens is 230 g/mol. The first-order chi connectivity index (χ1) is 6.11. The topological polar surface area (TPSA) is 16.4 Å². The third kappa shape index (κ3) is 1.30. The molecule has 2 nitrogen and oxygen atoms in total. The summed E-state index contributed by atoms with van der Waals surface area (Å²) in [5, 5.41) is 0. The van der Waals surface area contributed by atoms with Gasteiger partial charge in [0.1, 0.15) is 0 Å². The maximum Gasteiger partial charge on any atom is 0.192 e. The van der Waals surface area contributed by atoms with E-state index in [1.807, 2.05) is 6.26 Å². The molecule has 1 aromatic rings. The summed E-state index contributed by atoms with van der Waals surface area (Å²) < 4.78 is 6.23. The van der Waals surface area contributed by atoms with Gasteiger partial charge in [0.25, 0.3) is 0 Å². The molecule has 1 atom stereocenters. The monoisotopic (exact) mass is 243 g/mol. The van der Waals surface area contributed by atoms with Gasteiger partial charge in [-0.25, -0.2) is 0 Å². The third-order valence-electron chi connectivity index (χ3n) is 2.81. The van der Waals surface area contributed by atoms with Crippen molar-refractivity contribution in [2.45, 2.75) is 19.8 Å². The van der Waals surface area contributed by atoms with Crippen molar-refractivity contribution in [2.75, 3.05) is 18.5 Å². The predicted octanol–water partition coefficient (Wildman–Crippen LogP) is 3.23. The SMILES string of the molecule is CC(C)C1CN(C)c2c1coc2Br. The minimum absolute atomic E-state index is 0.620. The molecule has 0 fully saturated rings. The molecule has 0 amide bonds. The number of fused-ring (bicyclic) bond motifs is 1. The number of hydrogen-bond donors (Lipinski definition) is 0. The number of furan rings is 1. The zero-order valence-corrected chi connectivity index (χ0v) is 9.76. The molecule has 13 heavy (non-hydrogen) atoms. The fourth-order valence-corrected chi connectivity index (χ4v) is 2.65. The van der Waals surface area contributed by atoms with Crippen LogP contribution >= 0.6 is 15.9 Å². The molecule has 1 aromatic heterocycles. The van der Waals surface area contributed by atoms with Crippen LogP contribution in [0.2, 0.25) is 0 Å². The summed E-state index contributed by atoms with van der Waals surface area (Å²) in [5.41, 5.74) is 2.59. The molecule has 0 spiro atoms. The average molecular weight is 244 g/mol. The Kier molecular flexibility index (Phi) is 2.14. The first-order valence-electron chi connectivity index (χ1n) is 4.59. The highest BCUT2D eigenvalue weighted by Gasteiger charge is 2.32. The van der Waals surface area contributed by atoms with Crippen LogP contribution in [0.4, 0.5) is 5.69 Å². The molecule has 2 rings (SSSR count). The van der Waals surface area contributed by atoms with E-state index in [9.17, 15) is 0 Å². The molecule has 2 heterocycles. The van der Waals surface area contributed by atoms with Gasteiger partial charge in [-0.3, -0.25) is 0 Å². The van der Waals surface area contributed by atoms with E-state index in [-0.39, 0.29) is 0 Å². The minimum Gasteiger partial charge on any atom is -0.455 e. The Balaban J connectivity index is 2.42. The number of rotatable bonds is 1. The molecule has 0 N–H and O–H groups in total. The van der Waals surface area contributed by atoms with Crippen LogP contribution in [0.25, 0.3) is 0 Å². The van der Waals surface area contributed by atoms with Crippen LogP contribution in [0.3, 0.4) is 0 Å². The van der Waals surface area contributed by atoms with E-state index < -0.39 is 0 Å². The van der Waals surface area contributed by atoms with Crippen LogP contribution in [0.5, 0.6) is 0 Å². The molecule has 0 bridgehead atoms. The van der Waals surface area contributed by atoms with E-state index >= 15 is 0 Å². The van der Waals surface area contributed by atoms with Crippen LogP contribution in [0.15, 0.2) is 15.3 Å². The molecule has 0 saturated heterocycles. The summed E-state index contributed by atoms with van der Waals surface area (Å²) in [6.07, 6.45) is 1.88. The molecular formula is C10H14BrNO. The maximum absolute atomic E-state index is 5.36. The predicted molar refractivity (Wildman–Crippen MR) is 57.3 cm³/mol. The quantitative estimate of drug-likeness (QED) is 0.754. The van der Waals surface area contributed by atoms with Crippen LogP contribution in [0, 0.1) is 5.92 Å². The Hall–Kier alpha value is -0.440. The summed E-state index contributed by atoms with van der Waals surface area (Å²) in [6.45, 7) is 5.63. The van der Waals surface area contributed by atoms with Crippen molar-refractivity contribution in [3.8, 4) is 0 Å². The number of hydrogen-bond acceptors (Lipinski definition) is 2. The molecule has 1 unspecified atom stereocenters. The fraction of sp³-hybridized carbons (Fsp3) is 0.600. The highest BCUT2D eigenvalue weighted by Crippen LogP contribution is 2.44. The summed E-state index contributed by atoms with van der Waals surface area (Å²) >= 11 is 3.43. The molecule has 1 aliphatic rings. The van der Waals surface area contributed by atoms with Gasteiger partial charge in [-0.15, -0.1) is 0 Å². The number of halogens is 1. The highest BCUT2D eigenvalue weighted by molar-refractivity contribution is 9.10. The van der Waals surface area contributed by atoms with Gasteiger partial charge in [-0.05, 0) is 21.8 Å². The molecule has 1 aliphatic heterocycles. The smallest absolute Gasteiger partial charge is 0.192 e. The second-order valence-electron chi connectivity index (χ2n) is 4.04. The molecule has 72 valence electrons. The van der Waals surface area contributed by atoms with Crippen molar-refractivity contribution in [3.05, 3.63) is 16.5 Å². The van der Waals surface area contributed by atoms with Gasteiger partial charge in [0.2, 0.25) is 0 Å². The first kappa shape index (κ1) is 9.13. The van der Waals surface area contributed by atoms with Crippen molar-refractivity contribution in [1.29, 1.82) is 0 Å². The molecule has 3 heteroatoms. The lowest BCUT2D eigenvalue weighted by Crippen LogP contribution is -2.18. The van der Waals surface area contributed by atoms with Crippen molar-refractivity contribution < 1.29 is 4.42 Å². The number of nitrogens with zero attached hydrogens (tertiary/aromatic N) is 1. The van der Waals surface area contributed by atoms with Crippen molar-refractivity contribution >= 4 is 21.6 Å². The molecule has 0 radical (unpaired) electrons. The van der Waals surface area contributed by atoms with E-state index in [1.54, 1.807) is 0 Å². The lowest BCUT2D eigenvalue weighted by atomic mass is 9.92. The van der Waals surface area contributed by atoms with Gasteiger partial charge in [-0.1, -0.05) is 13.8 Å². The fourth-order valence-electron chi connectivity index (χ4n) is 2.03. The summed E-state index contributed by atoms with van der Waals surface area (Å²) in [7, 11) is 2.11. The van der Waals surface area contributed by atoms with E-state index in [0.29, 0.717) is 11.8 Å². The van der Waals surface area contributed by atoms with Crippen molar-refractivity contribution in [3.63, 3.8) is 0 Å². The van der Waals surface area contributed by atoms with Gasteiger partial charge in [0.05, 0.1) is 12.0 Å². The minimum atomic E-state index is 0.620. The Morgan fingerprint density at radius 3 is 2.92 bits per heavy atom. The van der Waals surface area contributed by atoms with Crippen molar-refractivity contribution in [2.24, 2.45) is 5.92 Å². The van der Waals surface area contributed by atoms with Gasteiger partial charge < -0.3 is 9.32 Å². The molecule has 0 saturated carbocycles. The standard InChI is InChI=1S/C10H14BrNO/c1-6(2)7-4-12(3)9-8(7)5-13-10(9)11/h5-7H,4H2,1-3H3. The Bertz CT molecular complexity index is 319. The molecule has 0 aromatic carbocycles. The average Bonchev–Trinajstić information content (AvgIpc) is 2.55. The largest absolute Gasteiger partial charge is 0.455 e. The lowest BCUT2D eigenvalue weighted by Gasteiger charge is -2.16. The summed E-state index contributed by atoms with van der Waals surface area (Å²) in [5.74, 6) is 1.29. The number of anilines is 1. The Labute approximate surface area is 87.0 Å². The van der Waals surface area contributed by atoms with E-state index in [1.165, 1.54) is 11.3 Å². The van der Waals surface area contributed by atoms with Gasteiger partial charge >= 0.3 is 0 Å². The summed E-state index contributed by atoms with van der Waals surface area (Å²) in [4.78, 5) is 2.26. The van der Waals surface area contributed by atoms with Crippen LogP contribution in [-0.4, -0.2) is 13.6 Å². The zero-order chi connectivity index (χ0) is 9.59. The summed E-state index contributed by atoms with van der Waals surface area (Å²) in [6, 6.07) is 0. The first-order valence-corrected chi connectivity index (χ1v) is 5.38. The Morgan fingerprint density at radius 1 is 1.62 bits per heavy atom. The normalized spacial score (nSPS) is 21.3. The van der Waals surface area contributed by atoms with E-state index in [0.717, 1.165) is 11.2 Å². The maximum atomic E-state index is 5.36. The zero-order valence-electron chi connectivity index (χ0n) is 8.17. The second kappa shape index (κ2) is 3.05. The third-order valence-corrected chi connectivity index (χ3v) is 3.37. The van der Waals surface area contributed by atoms with Gasteiger partial charge in [0, 0.05) is 25.1 Å². The van der Waals surface area contributed by atoms with Crippen LogP contribution in [0.1, 0.15) is 25.3 Å². The van der Waals surface area contributed by atoms with Crippen LogP contribution < -0.4 is 4.90 Å². The Morgan fingerprint density at radius 2 is 2.31 bits per heavy atom. The second-order valence-corrected chi connectivity index (χ2v) is 4.76. The van der Waals surface area contributed by atoms with E-state index in [2.05, 4.69) is 41.7 Å². The van der Waals surface area contributed by atoms with Gasteiger partial charge in [-0.2, -0.15) is 0 Å².